The van der Waals surface area contributed by atoms with Crippen molar-refractivity contribution in [2.24, 2.45) is 0 Å². The van der Waals surface area contributed by atoms with E-state index in [1.165, 1.54) is 0 Å². The minimum atomic E-state index is -0.667. The molecule has 2 aliphatic carbocycles. The number of hydrogen-bond acceptors (Lipinski definition) is 6. The summed E-state index contributed by atoms with van der Waals surface area (Å²) in [5, 5.41) is 2.95. The Morgan fingerprint density at radius 3 is 2.71 bits per heavy atom. The van der Waals surface area contributed by atoms with E-state index in [1.54, 1.807) is 29.3 Å². The maximum absolute atomic E-state index is 15.7. The fraction of sp³-hybridized carbons (Fsp3) is 0.516. The van der Waals surface area contributed by atoms with Gasteiger partial charge >= 0.3 is 0 Å². The highest BCUT2D eigenvalue weighted by Gasteiger charge is 2.40. The van der Waals surface area contributed by atoms with Crippen LogP contribution in [0.2, 0.25) is 0 Å². The fourth-order valence-electron chi connectivity index (χ4n) is 6.11. The Labute approximate surface area is 238 Å². The molecule has 2 fully saturated rings. The SMILES string of the molecule is CCc1nc(C(=O)NC2CC2)ccc1OCC(=O)N1CCc2nc3n(c2C1c1ncc(C2CC2)cc1F)CCCC3. The minimum Gasteiger partial charge on any atom is -0.482 e. The van der Waals surface area contributed by atoms with Crippen molar-refractivity contribution in [2.45, 2.75) is 89.3 Å². The Kier molecular flexibility index (Phi) is 6.71. The number of rotatable bonds is 8. The fourth-order valence-corrected chi connectivity index (χ4v) is 6.11. The molecule has 1 atom stereocenters. The van der Waals surface area contributed by atoms with E-state index in [-0.39, 0.29) is 36.0 Å². The summed E-state index contributed by atoms with van der Waals surface area (Å²) < 4.78 is 23.9. The molecule has 214 valence electrons. The van der Waals surface area contributed by atoms with Gasteiger partial charge in [-0.15, -0.1) is 0 Å². The molecule has 10 heteroatoms. The molecule has 0 aromatic carbocycles. The number of hydrogen-bond donors (Lipinski definition) is 1. The Balaban J connectivity index is 1.16. The van der Waals surface area contributed by atoms with Crippen molar-refractivity contribution >= 4 is 11.8 Å². The van der Waals surface area contributed by atoms with E-state index in [9.17, 15) is 9.59 Å². The number of aromatic nitrogens is 4. The van der Waals surface area contributed by atoms with Gasteiger partial charge in [0.1, 0.15) is 34.8 Å². The van der Waals surface area contributed by atoms with Gasteiger partial charge in [-0.25, -0.2) is 14.4 Å². The van der Waals surface area contributed by atoms with Crippen LogP contribution in [0.3, 0.4) is 0 Å². The van der Waals surface area contributed by atoms with Crippen molar-refractivity contribution < 1.29 is 18.7 Å². The highest BCUT2D eigenvalue weighted by Crippen LogP contribution is 2.42. The lowest BCUT2D eigenvalue weighted by atomic mass is 9.97. The average molecular weight is 559 g/mol. The van der Waals surface area contributed by atoms with Crippen molar-refractivity contribution in [3.8, 4) is 5.75 Å². The molecule has 0 spiro atoms. The van der Waals surface area contributed by atoms with Crippen LogP contribution >= 0.6 is 0 Å². The van der Waals surface area contributed by atoms with Crippen molar-refractivity contribution in [3.63, 3.8) is 0 Å². The van der Waals surface area contributed by atoms with Crippen LogP contribution < -0.4 is 10.1 Å². The summed E-state index contributed by atoms with van der Waals surface area (Å²) in [6.07, 6.45) is 10.0. The lowest BCUT2D eigenvalue weighted by Gasteiger charge is -2.36. The number of ether oxygens (including phenoxy) is 1. The quantitative estimate of drug-likeness (QED) is 0.448. The van der Waals surface area contributed by atoms with Crippen LogP contribution in [0.25, 0.3) is 0 Å². The van der Waals surface area contributed by atoms with Crippen LogP contribution in [0.15, 0.2) is 24.4 Å². The summed E-state index contributed by atoms with van der Waals surface area (Å²) in [7, 11) is 0. The van der Waals surface area contributed by atoms with E-state index in [2.05, 4.69) is 19.9 Å². The Morgan fingerprint density at radius 1 is 1.10 bits per heavy atom. The highest BCUT2D eigenvalue weighted by molar-refractivity contribution is 5.92. The normalized spacial score (nSPS) is 19.9. The van der Waals surface area contributed by atoms with Gasteiger partial charge in [-0.2, -0.15) is 0 Å². The molecule has 1 N–H and O–H groups in total. The number of nitrogens with zero attached hydrogens (tertiary/aromatic N) is 5. The first-order valence-electron chi connectivity index (χ1n) is 15.0. The maximum Gasteiger partial charge on any atom is 0.270 e. The Morgan fingerprint density at radius 2 is 1.95 bits per heavy atom. The zero-order chi connectivity index (χ0) is 28.1. The number of fused-ring (bicyclic) bond motifs is 3. The van der Waals surface area contributed by atoms with Gasteiger partial charge in [-0.1, -0.05) is 6.92 Å². The lowest BCUT2D eigenvalue weighted by molar-refractivity contribution is -0.135. The van der Waals surface area contributed by atoms with Gasteiger partial charge in [-0.3, -0.25) is 14.6 Å². The van der Waals surface area contributed by atoms with Crippen molar-refractivity contribution in [2.75, 3.05) is 13.2 Å². The second-order valence-corrected chi connectivity index (χ2v) is 11.6. The van der Waals surface area contributed by atoms with Crippen LogP contribution in [-0.4, -0.2) is 55.4 Å². The van der Waals surface area contributed by atoms with Crippen LogP contribution in [0.4, 0.5) is 4.39 Å². The standard InChI is InChI=1S/C31H35FN6O3/c1-2-22-25(11-10-24(35-22)31(40)34-20-8-9-20)41-17-27(39)38-14-12-23-29(37-13-4-3-5-26(37)36-23)30(38)28-21(32)15-19(16-33-28)18-6-7-18/h10-11,15-16,18,20,30H,2-9,12-14,17H2,1H3,(H,34,40). The summed E-state index contributed by atoms with van der Waals surface area (Å²) in [6.45, 7) is 2.92. The van der Waals surface area contributed by atoms with E-state index < -0.39 is 6.04 Å². The van der Waals surface area contributed by atoms with Crippen LogP contribution in [-0.2, 0) is 30.6 Å². The number of pyridine rings is 2. The average Bonchev–Trinajstić information content (AvgIpc) is 3.93. The first kappa shape index (κ1) is 26.1. The summed E-state index contributed by atoms with van der Waals surface area (Å²) >= 11 is 0. The van der Waals surface area contributed by atoms with Gasteiger partial charge in [-0.05, 0) is 74.6 Å². The van der Waals surface area contributed by atoms with Crippen molar-refractivity contribution in [3.05, 3.63) is 70.1 Å². The topological polar surface area (TPSA) is 102 Å². The molecule has 9 nitrogen and oxygen atoms in total. The molecule has 0 saturated heterocycles. The molecule has 2 amide bonds. The monoisotopic (exact) mass is 558 g/mol. The predicted octanol–water partition coefficient (Wildman–Crippen LogP) is 4.03. The molecule has 3 aromatic rings. The third kappa shape index (κ3) is 5.08. The molecule has 41 heavy (non-hydrogen) atoms. The Bertz CT molecular complexity index is 1510. The van der Waals surface area contributed by atoms with Gasteiger partial charge < -0.3 is 19.5 Å². The number of halogens is 1. The highest BCUT2D eigenvalue weighted by atomic mass is 19.1. The van der Waals surface area contributed by atoms with Gasteiger partial charge in [0.25, 0.3) is 11.8 Å². The second kappa shape index (κ2) is 10.5. The lowest BCUT2D eigenvalue weighted by Crippen LogP contribution is -2.44. The van der Waals surface area contributed by atoms with Gasteiger partial charge in [0.2, 0.25) is 0 Å². The first-order chi connectivity index (χ1) is 20.0. The molecule has 3 aromatic heterocycles. The molecule has 2 saturated carbocycles. The summed E-state index contributed by atoms with van der Waals surface area (Å²) in [4.78, 5) is 42.0. The molecule has 5 heterocycles. The summed E-state index contributed by atoms with van der Waals surface area (Å²) in [5.74, 6) is 1.04. The molecular formula is C31H35FN6O3. The first-order valence-corrected chi connectivity index (χ1v) is 15.0. The molecule has 4 aliphatic rings. The summed E-state index contributed by atoms with van der Waals surface area (Å²) in [6, 6.07) is 4.51. The molecule has 2 aliphatic heterocycles. The minimum absolute atomic E-state index is 0.192. The molecular weight excluding hydrogens is 523 g/mol. The Hall–Kier alpha value is -3.82. The predicted molar refractivity (Wildman–Crippen MR) is 148 cm³/mol. The van der Waals surface area contributed by atoms with E-state index in [0.717, 1.165) is 74.3 Å². The number of amides is 2. The van der Waals surface area contributed by atoms with Crippen molar-refractivity contribution in [1.82, 2.24) is 29.7 Å². The molecule has 7 rings (SSSR count). The number of nitrogens with one attached hydrogen (secondary N) is 1. The van der Waals surface area contributed by atoms with Gasteiger partial charge in [0.15, 0.2) is 6.61 Å². The second-order valence-electron chi connectivity index (χ2n) is 11.6. The zero-order valence-electron chi connectivity index (χ0n) is 23.4. The van der Waals surface area contributed by atoms with Crippen LogP contribution in [0.1, 0.15) is 102 Å². The van der Waals surface area contributed by atoms with E-state index in [1.807, 2.05) is 6.92 Å². The zero-order valence-corrected chi connectivity index (χ0v) is 23.4. The van der Waals surface area contributed by atoms with E-state index in [4.69, 9.17) is 9.72 Å². The van der Waals surface area contributed by atoms with Crippen LogP contribution in [0.5, 0.6) is 5.75 Å². The third-order valence-corrected chi connectivity index (χ3v) is 8.64. The number of aryl methyl sites for hydroxylation is 2. The number of carbonyl (C=O) groups is 2. The third-order valence-electron chi connectivity index (χ3n) is 8.64. The molecule has 1 unspecified atom stereocenters. The molecule has 0 bridgehead atoms. The van der Waals surface area contributed by atoms with Crippen molar-refractivity contribution in [1.29, 1.82) is 0 Å². The van der Waals surface area contributed by atoms with Crippen LogP contribution in [0, 0.1) is 5.82 Å². The maximum atomic E-state index is 15.7. The smallest absolute Gasteiger partial charge is 0.270 e. The number of carbonyl (C=O) groups excluding carboxylic acids is 2. The van der Waals surface area contributed by atoms with Gasteiger partial charge in [0, 0.05) is 38.2 Å². The largest absolute Gasteiger partial charge is 0.482 e. The molecule has 0 radical (unpaired) electrons. The number of imidazole rings is 1. The van der Waals surface area contributed by atoms with E-state index >= 15 is 4.39 Å². The van der Waals surface area contributed by atoms with Gasteiger partial charge in [0.05, 0.1) is 17.1 Å². The van der Waals surface area contributed by atoms with E-state index in [0.29, 0.717) is 42.4 Å². The summed E-state index contributed by atoms with van der Waals surface area (Å²) in [5.41, 5.74) is 3.96.